The van der Waals surface area contributed by atoms with Gasteiger partial charge in [0.25, 0.3) is 5.91 Å². The molecule has 6 heteroatoms. The molecule has 0 spiro atoms. The van der Waals surface area contributed by atoms with E-state index in [0.29, 0.717) is 18.0 Å². The summed E-state index contributed by atoms with van der Waals surface area (Å²) in [6.45, 7) is 7.88. The van der Waals surface area contributed by atoms with Crippen molar-refractivity contribution in [2.24, 2.45) is 5.92 Å². The molecule has 2 fully saturated rings. The molecular formula is C20H29N3O3. The molecule has 2 aliphatic heterocycles. The minimum atomic E-state index is -0.487. The second-order valence-electron chi connectivity index (χ2n) is 8.28. The molecule has 6 nitrogen and oxygen atoms in total. The third-order valence-electron chi connectivity index (χ3n) is 5.12. The van der Waals surface area contributed by atoms with Crippen LogP contribution < -0.4 is 0 Å². The molecule has 1 aromatic heterocycles. The summed E-state index contributed by atoms with van der Waals surface area (Å²) >= 11 is 0. The van der Waals surface area contributed by atoms with Crippen molar-refractivity contribution in [3.63, 3.8) is 0 Å². The van der Waals surface area contributed by atoms with Gasteiger partial charge in [-0.1, -0.05) is 0 Å². The molecule has 26 heavy (non-hydrogen) atoms. The molecule has 3 heterocycles. The molecule has 2 aliphatic rings. The number of hydrogen-bond donors (Lipinski definition) is 0. The van der Waals surface area contributed by atoms with Crippen LogP contribution in [0.3, 0.4) is 0 Å². The minimum absolute atomic E-state index is 0.0321. The van der Waals surface area contributed by atoms with Crippen molar-refractivity contribution < 1.29 is 14.3 Å². The fourth-order valence-electron chi connectivity index (χ4n) is 4.01. The van der Waals surface area contributed by atoms with Gasteiger partial charge < -0.3 is 14.5 Å². The first-order valence-corrected chi connectivity index (χ1v) is 9.54. The van der Waals surface area contributed by atoms with Crippen LogP contribution in [0.1, 0.15) is 56.8 Å². The first-order valence-electron chi connectivity index (χ1n) is 9.54. The highest BCUT2D eigenvalue weighted by Crippen LogP contribution is 2.32. The van der Waals surface area contributed by atoms with E-state index in [-0.39, 0.29) is 18.0 Å². The van der Waals surface area contributed by atoms with E-state index in [4.69, 9.17) is 4.74 Å². The van der Waals surface area contributed by atoms with E-state index in [0.717, 1.165) is 38.8 Å². The summed E-state index contributed by atoms with van der Waals surface area (Å²) in [5.41, 5.74) is 0.141. The number of piperidine rings is 1. The van der Waals surface area contributed by atoms with E-state index in [1.807, 2.05) is 36.6 Å². The monoisotopic (exact) mass is 359 g/mol. The summed E-state index contributed by atoms with van der Waals surface area (Å²) in [7, 11) is 0. The third-order valence-corrected chi connectivity index (χ3v) is 5.12. The number of carbonyl (C=O) groups excluding carboxylic acids is 2. The topological polar surface area (TPSA) is 62.7 Å². The van der Waals surface area contributed by atoms with Crippen molar-refractivity contribution in [3.8, 4) is 0 Å². The van der Waals surface area contributed by atoms with Crippen molar-refractivity contribution in [3.05, 3.63) is 30.1 Å². The number of ether oxygens (including phenoxy) is 1. The Balaban J connectivity index is 1.67. The Morgan fingerprint density at radius 1 is 1.19 bits per heavy atom. The molecular weight excluding hydrogens is 330 g/mol. The predicted octanol–water partition coefficient (Wildman–Crippen LogP) is 3.33. The molecule has 0 radical (unpaired) electrons. The first kappa shape index (κ1) is 18.7. The number of rotatable bonds is 2. The minimum Gasteiger partial charge on any atom is -0.444 e. The molecule has 1 aromatic rings. The summed E-state index contributed by atoms with van der Waals surface area (Å²) in [5, 5.41) is 0. The van der Waals surface area contributed by atoms with Gasteiger partial charge in [-0.15, -0.1) is 0 Å². The first-order chi connectivity index (χ1) is 12.3. The van der Waals surface area contributed by atoms with Gasteiger partial charge in [0.15, 0.2) is 0 Å². The fourth-order valence-corrected chi connectivity index (χ4v) is 4.01. The molecule has 0 saturated carbocycles. The summed E-state index contributed by atoms with van der Waals surface area (Å²) < 4.78 is 5.58. The van der Waals surface area contributed by atoms with Crippen molar-refractivity contribution in [2.45, 2.75) is 58.1 Å². The molecule has 2 amide bonds. The van der Waals surface area contributed by atoms with Crippen molar-refractivity contribution in [1.29, 1.82) is 0 Å². The number of pyridine rings is 1. The SMILES string of the molecule is CC(C)(C)OC(=O)N1CCC[C@@H]1[C@@H]1CCCN(C(=O)c2cccnc2)C1. The molecule has 0 N–H and O–H groups in total. The highest BCUT2D eigenvalue weighted by molar-refractivity contribution is 5.93. The van der Waals surface area contributed by atoms with Crippen molar-refractivity contribution >= 4 is 12.0 Å². The van der Waals surface area contributed by atoms with Crippen molar-refractivity contribution in [1.82, 2.24) is 14.8 Å². The van der Waals surface area contributed by atoms with Crippen LogP contribution >= 0.6 is 0 Å². The van der Waals surface area contributed by atoms with Crippen LogP contribution in [0.5, 0.6) is 0 Å². The molecule has 0 aromatic carbocycles. The number of likely N-dealkylation sites (tertiary alicyclic amines) is 2. The average Bonchev–Trinajstić information content (AvgIpc) is 3.10. The van der Waals surface area contributed by atoms with E-state index in [9.17, 15) is 9.59 Å². The van der Waals surface area contributed by atoms with Crippen LogP contribution in [0.4, 0.5) is 4.79 Å². The number of aromatic nitrogens is 1. The van der Waals surface area contributed by atoms with Crippen molar-refractivity contribution in [2.75, 3.05) is 19.6 Å². The number of hydrogen-bond acceptors (Lipinski definition) is 4. The van der Waals surface area contributed by atoms with Crippen LogP contribution in [0, 0.1) is 5.92 Å². The Hall–Kier alpha value is -2.11. The Kier molecular flexibility index (Phi) is 5.49. The molecule has 0 aliphatic carbocycles. The van der Waals surface area contributed by atoms with Gasteiger partial charge in [0.1, 0.15) is 5.60 Å². The standard InChI is InChI=1S/C20H29N3O3/c1-20(2,3)26-19(25)23-12-6-9-17(23)16-8-5-11-22(14-16)18(24)15-7-4-10-21-13-15/h4,7,10,13,16-17H,5-6,8-9,11-12,14H2,1-3H3/t16-,17-/m1/s1. The zero-order valence-corrected chi connectivity index (χ0v) is 16.0. The summed E-state index contributed by atoms with van der Waals surface area (Å²) in [4.78, 5) is 33.2. The lowest BCUT2D eigenvalue weighted by atomic mass is 9.89. The molecule has 0 bridgehead atoms. The normalized spacial score (nSPS) is 23.8. The molecule has 142 valence electrons. The maximum atomic E-state index is 12.7. The van der Waals surface area contributed by atoms with Gasteiger partial charge in [0.2, 0.25) is 0 Å². The van der Waals surface area contributed by atoms with E-state index in [1.54, 1.807) is 18.5 Å². The zero-order valence-electron chi connectivity index (χ0n) is 16.0. The summed E-state index contributed by atoms with van der Waals surface area (Å²) in [6, 6.07) is 3.76. The Morgan fingerprint density at radius 2 is 1.96 bits per heavy atom. The maximum Gasteiger partial charge on any atom is 0.410 e. The lowest BCUT2D eigenvalue weighted by Crippen LogP contribution is -2.49. The number of carbonyl (C=O) groups is 2. The molecule has 2 atom stereocenters. The lowest BCUT2D eigenvalue weighted by Gasteiger charge is -2.39. The maximum absolute atomic E-state index is 12.7. The quantitative estimate of drug-likeness (QED) is 0.812. The fraction of sp³-hybridized carbons (Fsp3) is 0.650. The van der Waals surface area contributed by atoms with Crippen LogP contribution in [0.15, 0.2) is 24.5 Å². The van der Waals surface area contributed by atoms with Gasteiger partial charge in [-0.25, -0.2) is 4.79 Å². The van der Waals surface area contributed by atoms with E-state index < -0.39 is 5.60 Å². The van der Waals surface area contributed by atoms with Gasteiger partial charge in [0, 0.05) is 38.1 Å². The zero-order chi connectivity index (χ0) is 18.7. The van der Waals surface area contributed by atoms with E-state index in [2.05, 4.69) is 4.98 Å². The second-order valence-corrected chi connectivity index (χ2v) is 8.28. The van der Waals surface area contributed by atoms with Crippen LogP contribution in [0.2, 0.25) is 0 Å². The highest BCUT2D eigenvalue weighted by Gasteiger charge is 2.39. The Morgan fingerprint density at radius 3 is 2.65 bits per heavy atom. The van der Waals surface area contributed by atoms with E-state index in [1.165, 1.54) is 0 Å². The van der Waals surface area contributed by atoms with Gasteiger partial charge in [-0.3, -0.25) is 9.78 Å². The molecule has 2 saturated heterocycles. The van der Waals surface area contributed by atoms with Gasteiger partial charge in [-0.2, -0.15) is 0 Å². The highest BCUT2D eigenvalue weighted by atomic mass is 16.6. The summed E-state index contributed by atoms with van der Waals surface area (Å²) in [6.07, 6.45) is 7.06. The number of amides is 2. The van der Waals surface area contributed by atoms with Gasteiger partial charge >= 0.3 is 6.09 Å². The van der Waals surface area contributed by atoms with Gasteiger partial charge in [0.05, 0.1) is 5.56 Å². The smallest absolute Gasteiger partial charge is 0.410 e. The largest absolute Gasteiger partial charge is 0.444 e. The van der Waals surface area contributed by atoms with E-state index >= 15 is 0 Å². The molecule has 3 rings (SSSR count). The predicted molar refractivity (Wildman–Crippen MR) is 98.8 cm³/mol. The Bertz CT molecular complexity index is 641. The van der Waals surface area contributed by atoms with Crippen LogP contribution in [0.25, 0.3) is 0 Å². The van der Waals surface area contributed by atoms with Gasteiger partial charge in [-0.05, 0) is 64.5 Å². The molecule has 0 unspecified atom stereocenters. The second kappa shape index (κ2) is 7.64. The third kappa shape index (κ3) is 4.34. The lowest BCUT2D eigenvalue weighted by molar-refractivity contribution is 0.0127. The van der Waals surface area contributed by atoms with Crippen LogP contribution in [-0.4, -0.2) is 58.1 Å². The summed E-state index contributed by atoms with van der Waals surface area (Å²) in [5.74, 6) is 0.337. The average molecular weight is 359 g/mol. The van der Waals surface area contributed by atoms with Crippen LogP contribution in [-0.2, 0) is 4.74 Å². The number of nitrogens with zero attached hydrogens (tertiary/aromatic N) is 3. The Labute approximate surface area is 155 Å².